The molecule has 1 aromatic carbocycles. The first-order chi connectivity index (χ1) is 20.9. The van der Waals surface area contributed by atoms with E-state index in [1.54, 1.807) is 0 Å². The van der Waals surface area contributed by atoms with Crippen LogP contribution in [0.25, 0.3) is 32.4 Å². The molecule has 0 saturated carbocycles. The van der Waals surface area contributed by atoms with Crippen LogP contribution in [0.3, 0.4) is 0 Å². The van der Waals surface area contributed by atoms with E-state index in [1.807, 2.05) is 0 Å². The average Bonchev–Trinajstić information content (AvgIpc) is 3.72. The van der Waals surface area contributed by atoms with Gasteiger partial charge in [-0.15, -0.1) is 0 Å². The molecule has 4 saturated heterocycles. The second kappa shape index (κ2) is 9.35. The highest BCUT2D eigenvalue weighted by Gasteiger charge is 2.50. The van der Waals surface area contributed by atoms with E-state index >= 15 is 4.39 Å². The maximum Gasteiger partial charge on any atom is 0.319 e. The van der Waals surface area contributed by atoms with Gasteiger partial charge in [-0.25, -0.2) is 23.1 Å². The molecule has 3 aromatic heterocycles. The minimum absolute atomic E-state index is 0.0860. The number of alkyl halides is 1. The van der Waals surface area contributed by atoms with Gasteiger partial charge < -0.3 is 20.7 Å². The molecular weight excluding hydrogens is 577 g/mol. The lowest BCUT2D eigenvalue weighted by Gasteiger charge is -2.41. The predicted molar refractivity (Wildman–Crippen MR) is 158 cm³/mol. The first-order valence-corrected chi connectivity index (χ1v) is 16.0. The molecule has 9 rings (SSSR count). The third-order valence-electron chi connectivity index (χ3n) is 10.3. The monoisotopic (exact) mass is 608 g/mol. The third kappa shape index (κ3) is 3.90. The SMILES string of the molecule is Nc1nc2c(F)ccc(-c3nc4c5c(nc(OC[C@@]67CCCN6C[C@H](F)C7)nc5c3F)N3C[C@H]5CC[C@H](N5)[C@H]3CC4)c2s1. The van der Waals surface area contributed by atoms with Gasteiger partial charge in [0.15, 0.2) is 10.9 Å². The highest BCUT2D eigenvalue weighted by molar-refractivity contribution is 7.22. The van der Waals surface area contributed by atoms with E-state index in [2.05, 4.69) is 25.1 Å². The minimum atomic E-state index is -0.884. The average molecular weight is 609 g/mol. The number of benzene rings is 1. The van der Waals surface area contributed by atoms with Crippen LogP contribution < -0.4 is 20.7 Å². The van der Waals surface area contributed by atoms with Gasteiger partial charge in [0.1, 0.15) is 41.1 Å². The summed E-state index contributed by atoms with van der Waals surface area (Å²) < 4.78 is 52.6. The number of hydrogen-bond donors (Lipinski definition) is 2. The van der Waals surface area contributed by atoms with Gasteiger partial charge in [-0.3, -0.25) is 4.90 Å². The van der Waals surface area contributed by atoms with Crippen molar-refractivity contribution in [1.82, 2.24) is 30.2 Å². The van der Waals surface area contributed by atoms with E-state index in [9.17, 15) is 8.78 Å². The lowest BCUT2D eigenvalue weighted by molar-refractivity contribution is 0.107. The minimum Gasteiger partial charge on any atom is -0.461 e. The van der Waals surface area contributed by atoms with Gasteiger partial charge in [-0.2, -0.15) is 9.97 Å². The summed E-state index contributed by atoms with van der Waals surface area (Å²) in [6.07, 6.45) is 4.99. The Kier molecular flexibility index (Phi) is 5.69. The number of nitrogens with one attached hydrogen (secondary N) is 1. The van der Waals surface area contributed by atoms with E-state index < -0.39 is 17.8 Å². The number of nitrogen functional groups attached to an aromatic ring is 1. The van der Waals surface area contributed by atoms with Crippen molar-refractivity contribution in [2.75, 3.05) is 36.9 Å². The number of hydrogen-bond acceptors (Lipinski definition) is 10. The highest BCUT2D eigenvalue weighted by atomic mass is 32.1. The maximum atomic E-state index is 16.8. The number of aromatic nitrogens is 4. The fraction of sp³-hybridized carbons (Fsp3) is 0.533. The van der Waals surface area contributed by atoms with E-state index in [0.717, 1.165) is 56.5 Å². The van der Waals surface area contributed by atoms with Crippen molar-refractivity contribution in [2.24, 2.45) is 0 Å². The number of rotatable bonds is 4. The van der Waals surface area contributed by atoms with Crippen molar-refractivity contribution in [3.63, 3.8) is 0 Å². The van der Waals surface area contributed by atoms with Crippen molar-refractivity contribution in [1.29, 1.82) is 0 Å². The van der Waals surface area contributed by atoms with Gasteiger partial charge in [0, 0.05) is 43.2 Å². The molecule has 5 atom stereocenters. The van der Waals surface area contributed by atoms with Crippen LogP contribution in [0.15, 0.2) is 12.1 Å². The number of aryl methyl sites for hydroxylation is 1. The van der Waals surface area contributed by atoms with Gasteiger partial charge in [-0.1, -0.05) is 11.3 Å². The molecule has 3 N–H and O–H groups in total. The first kappa shape index (κ1) is 26.1. The Balaban J connectivity index is 1.22. The van der Waals surface area contributed by atoms with Gasteiger partial charge in [-0.05, 0) is 57.2 Å². The molecule has 0 radical (unpaired) electrons. The molecule has 5 aliphatic heterocycles. The van der Waals surface area contributed by atoms with Crippen LogP contribution in [0, 0.1) is 11.6 Å². The maximum absolute atomic E-state index is 16.8. The number of anilines is 2. The number of nitrogens with zero attached hydrogens (tertiary/aromatic N) is 6. The molecule has 224 valence electrons. The predicted octanol–water partition coefficient (Wildman–Crippen LogP) is 4.37. The summed E-state index contributed by atoms with van der Waals surface area (Å²) in [5, 5.41) is 4.55. The lowest BCUT2D eigenvalue weighted by Crippen LogP contribution is -2.58. The molecule has 0 aliphatic carbocycles. The molecule has 0 spiro atoms. The van der Waals surface area contributed by atoms with Crippen LogP contribution in [0.2, 0.25) is 0 Å². The van der Waals surface area contributed by atoms with Gasteiger partial charge in [0.25, 0.3) is 0 Å². The van der Waals surface area contributed by atoms with Crippen molar-refractivity contribution in [3.05, 3.63) is 29.5 Å². The molecule has 8 heterocycles. The Morgan fingerprint density at radius 2 is 2.00 bits per heavy atom. The summed E-state index contributed by atoms with van der Waals surface area (Å²) in [7, 11) is 0. The van der Waals surface area contributed by atoms with Crippen molar-refractivity contribution in [2.45, 2.75) is 74.8 Å². The topological polar surface area (TPSA) is 105 Å². The fourth-order valence-corrected chi connectivity index (χ4v) is 9.30. The van der Waals surface area contributed by atoms with E-state index in [0.29, 0.717) is 58.6 Å². The smallest absolute Gasteiger partial charge is 0.319 e. The summed E-state index contributed by atoms with van der Waals surface area (Å²) in [4.78, 5) is 23.1. The van der Waals surface area contributed by atoms with Crippen molar-refractivity contribution in [3.8, 4) is 17.3 Å². The quantitative estimate of drug-likeness (QED) is 0.350. The van der Waals surface area contributed by atoms with Gasteiger partial charge >= 0.3 is 6.01 Å². The highest BCUT2D eigenvalue weighted by Crippen LogP contribution is 2.44. The Bertz CT molecular complexity index is 1800. The lowest BCUT2D eigenvalue weighted by atomic mass is 9.95. The normalized spacial score (nSPS) is 29.8. The number of ether oxygens (including phenoxy) is 1. The Morgan fingerprint density at radius 3 is 2.91 bits per heavy atom. The van der Waals surface area contributed by atoms with Crippen LogP contribution in [-0.4, -0.2) is 80.9 Å². The molecule has 13 heteroatoms. The van der Waals surface area contributed by atoms with E-state index in [-0.39, 0.29) is 46.1 Å². The fourth-order valence-electron chi connectivity index (χ4n) is 8.44. The largest absolute Gasteiger partial charge is 0.461 e. The summed E-state index contributed by atoms with van der Waals surface area (Å²) in [6.45, 7) is 2.27. The van der Waals surface area contributed by atoms with E-state index in [4.69, 9.17) is 20.4 Å². The summed E-state index contributed by atoms with van der Waals surface area (Å²) in [5.41, 5.74) is 7.01. The van der Waals surface area contributed by atoms with Crippen molar-refractivity contribution < 1.29 is 17.9 Å². The molecule has 2 bridgehead atoms. The summed E-state index contributed by atoms with van der Waals surface area (Å²) in [6, 6.07) is 3.72. The first-order valence-electron chi connectivity index (χ1n) is 15.2. The number of pyridine rings is 1. The number of fused-ring (bicyclic) bond motifs is 7. The second-order valence-corrected chi connectivity index (χ2v) is 13.8. The van der Waals surface area contributed by atoms with Crippen molar-refractivity contribution >= 4 is 43.4 Å². The molecule has 0 unspecified atom stereocenters. The molecule has 4 aromatic rings. The van der Waals surface area contributed by atoms with Gasteiger partial charge in [0.2, 0.25) is 0 Å². The van der Waals surface area contributed by atoms with E-state index in [1.165, 1.54) is 12.1 Å². The molecule has 4 fully saturated rings. The standard InChI is InChI=1S/C30H31F3N8OS/c31-14-10-30(8-1-9-40(30)11-14)13-42-29-38-25-21-19(6-7-20-18-5-2-15(35-18)12-41(20)27(21)39-29)36-23(22(25)33)16-3-4-17(32)24-26(16)43-28(34)37-24/h3-4,14-15,18,20,35H,1-2,5-13H2,(H2,34,37)/t14-,15-,18+,20-,30+/m1/s1. The molecule has 0 amide bonds. The zero-order valence-corrected chi connectivity index (χ0v) is 24.3. The Labute approximate surface area is 249 Å². The zero-order chi connectivity index (χ0) is 29.0. The Morgan fingerprint density at radius 1 is 1.09 bits per heavy atom. The number of halogens is 3. The van der Waals surface area contributed by atoms with Crippen LogP contribution in [0.4, 0.5) is 24.1 Å². The second-order valence-electron chi connectivity index (χ2n) is 12.8. The summed E-state index contributed by atoms with van der Waals surface area (Å²) >= 11 is 1.11. The molecule has 43 heavy (non-hydrogen) atoms. The van der Waals surface area contributed by atoms with Crippen LogP contribution in [-0.2, 0) is 6.42 Å². The number of piperazine rings is 1. The Hall–Kier alpha value is -3.29. The van der Waals surface area contributed by atoms with Crippen LogP contribution in [0.1, 0.15) is 44.2 Å². The molecular formula is C30H31F3N8OS. The summed E-state index contributed by atoms with van der Waals surface area (Å²) in [5.74, 6) is -0.488. The zero-order valence-electron chi connectivity index (χ0n) is 23.5. The van der Waals surface area contributed by atoms with Gasteiger partial charge in [0.05, 0.1) is 21.3 Å². The number of thiazole rings is 1. The molecule has 9 nitrogen and oxygen atoms in total. The van der Waals surface area contributed by atoms with Crippen LogP contribution >= 0.6 is 11.3 Å². The third-order valence-corrected chi connectivity index (χ3v) is 11.2. The molecule has 5 aliphatic rings. The number of nitrogens with two attached hydrogens (primary N) is 1. The van der Waals surface area contributed by atoms with Crippen LogP contribution in [0.5, 0.6) is 6.01 Å².